The predicted octanol–water partition coefficient (Wildman–Crippen LogP) is 4.07. The van der Waals surface area contributed by atoms with Gasteiger partial charge in [-0.15, -0.1) is 0 Å². The number of hydrogen-bond donors (Lipinski definition) is 2. The quantitative estimate of drug-likeness (QED) is 0.864. The van der Waals surface area contributed by atoms with Gasteiger partial charge in [0, 0.05) is 16.2 Å². The Bertz CT molecular complexity index is 389. The van der Waals surface area contributed by atoms with E-state index in [-0.39, 0.29) is 12.1 Å². The number of aryl methyl sites for hydroxylation is 1. The molecule has 17 heavy (non-hydrogen) atoms. The first-order chi connectivity index (χ1) is 8.06. The minimum Gasteiger partial charge on any atom is -0.335 e. The summed E-state index contributed by atoms with van der Waals surface area (Å²) in [4.78, 5) is 11.7. The van der Waals surface area contributed by atoms with Crippen molar-refractivity contribution >= 4 is 27.6 Å². The maximum absolute atomic E-state index is 11.7. The summed E-state index contributed by atoms with van der Waals surface area (Å²) in [7, 11) is 0. The third-order valence-electron chi connectivity index (χ3n) is 2.74. The first-order valence-electron chi connectivity index (χ1n) is 5.90. The minimum absolute atomic E-state index is 0.138. The molecular weight excluding hydrogens is 280 g/mol. The zero-order chi connectivity index (χ0) is 12.8. The van der Waals surface area contributed by atoms with Gasteiger partial charge in [-0.2, -0.15) is 0 Å². The maximum atomic E-state index is 11.7. The summed E-state index contributed by atoms with van der Waals surface area (Å²) >= 11 is 3.43. The van der Waals surface area contributed by atoms with Crippen LogP contribution in [-0.2, 0) is 0 Å². The number of benzene rings is 1. The molecule has 0 bridgehead atoms. The highest BCUT2D eigenvalue weighted by atomic mass is 79.9. The summed E-state index contributed by atoms with van der Waals surface area (Å²) in [6.45, 7) is 6.13. The molecule has 0 atom stereocenters. The van der Waals surface area contributed by atoms with Crippen molar-refractivity contribution in [3.05, 3.63) is 28.2 Å². The molecule has 0 aliphatic heterocycles. The second-order valence-electron chi connectivity index (χ2n) is 4.08. The van der Waals surface area contributed by atoms with Crippen LogP contribution in [0.3, 0.4) is 0 Å². The lowest BCUT2D eigenvalue weighted by Crippen LogP contribution is -2.37. The predicted molar refractivity (Wildman–Crippen MR) is 75.4 cm³/mol. The van der Waals surface area contributed by atoms with Crippen LogP contribution in [-0.4, -0.2) is 12.1 Å². The summed E-state index contributed by atoms with van der Waals surface area (Å²) < 4.78 is 1.04. The fourth-order valence-corrected chi connectivity index (χ4v) is 1.81. The van der Waals surface area contributed by atoms with Gasteiger partial charge in [0.15, 0.2) is 0 Å². The lowest BCUT2D eigenvalue weighted by molar-refractivity contribution is 0.247. The second kappa shape index (κ2) is 6.64. The number of urea groups is 1. The summed E-state index contributed by atoms with van der Waals surface area (Å²) in [6.07, 6.45) is 1.90. The van der Waals surface area contributed by atoms with Crippen LogP contribution in [0.15, 0.2) is 22.7 Å². The van der Waals surface area contributed by atoms with Crippen molar-refractivity contribution in [3.63, 3.8) is 0 Å². The Morgan fingerprint density at radius 2 is 2.00 bits per heavy atom. The van der Waals surface area contributed by atoms with Gasteiger partial charge in [0.05, 0.1) is 0 Å². The van der Waals surface area contributed by atoms with Gasteiger partial charge in [0.25, 0.3) is 0 Å². The molecule has 4 heteroatoms. The smallest absolute Gasteiger partial charge is 0.319 e. The molecular formula is C13H19BrN2O. The van der Waals surface area contributed by atoms with E-state index >= 15 is 0 Å². The molecule has 0 radical (unpaired) electrons. The maximum Gasteiger partial charge on any atom is 0.319 e. The van der Waals surface area contributed by atoms with Crippen LogP contribution in [0.2, 0.25) is 0 Å². The molecule has 0 aliphatic carbocycles. The molecule has 94 valence electrons. The fourth-order valence-electron chi connectivity index (χ4n) is 1.57. The Hall–Kier alpha value is -1.03. The van der Waals surface area contributed by atoms with Gasteiger partial charge >= 0.3 is 6.03 Å². The summed E-state index contributed by atoms with van der Waals surface area (Å²) in [5.74, 6) is 0. The number of amides is 2. The average Bonchev–Trinajstić information content (AvgIpc) is 2.31. The van der Waals surface area contributed by atoms with Crippen molar-refractivity contribution < 1.29 is 4.79 Å². The zero-order valence-electron chi connectivity index (χ0n) is 10.5. The largest absolute Gasteiger partial charge is 0.335 e. The highest BCUT2D eigenvalue weighted by molar-refractivity contribution is 9.10. The van der Waals surface area contributed by atoms with E-state index in [0.717, 1.165) is 28.6 Å². The minimum atomic E-state index is -0.138. The number of rotatable bonds is 4. The molecule has 0 saturated carbocycles. The number of anilines is 1. The van der Waals surface area contributed by atoms with Gasteiger partial charge < -0.3 is 10.6 Å². The number of hydrogen-bond acceptors (Lipinski definition) is 1. The van der Waals surface area contributed by atoms with Crippen LogP contribution in [0.25, 0.3) is 0 Å². The molecule has 0 spiro atoms. The normalized spacial score (nSPS) is 10.4. The van der Waals surface area contributed by atoms with Gasteiger partial charge in [-0.3, -0.25) is 0 Å². The zero-order valence-corrected chi connectivity index (χ0v) is 12.1. The lowest BCUT2D eigenvalue weighted by Gasteiger charge is -2.15. The summed E-state index contributed by atoms with van der Waals surface area (Å²) in [5.41, 5.74) is 1.92. The van der Waals surface area contributed by atoms with Crippen LogP contribution in [0.4, 0.5) is 10.5 Å². The fraction of sp³-hybridized carbons (Fsp3) is 0.462. The van der Waals surface area contributed by atoms with E-state index in [2.05, 4.69) is 40.4 Å². The Kier molecular flexibility index (Phi) is 5.48. The van der Waals surface area contributed by atoms with Crippen molar-refractivity contribution in [1.29, 1.82) is 0 Å². The van der Waals surface area contributed by atoms with Crippen LogP contribution in [0, 0.1) is 6.92 Å². The van der Waals surface area contributed by atoms with E-state index in [1.807, 2.05) is 25.1 Å². The Balaban J connectivity index is 2.58. The Morgan fingerprint density at radius 3 is 2.53 bits per heavy atom. The third-order valence-corrected chi connectivity index (χ3v) is 3.63. The van der Waals surface area contributed by atoms with E-state index in [0.29, 0.717) is 0 Å². The standard InChI is InChI=1S/C13H19BrN2O/c1-4-10(5-2)15-13(17)16-11-6-7-12(14)9(3)8-11/h6-8,10H,4-5H2,1-3H3,(H2,15,16,17). The highest BCUT2D eigenvalue weighted by Crippen LogP contribution is 2.19. The molecule has 2 amide bonds. The van der Waals surface area contributed by atoms with E-state index in [9.17, 15) is 4.79 Å². The first-order valence-corrected chi connectivity index (χ1v) is 6.69. The van der Waals surface area contributed by atoms with Crippen molar-refractivity contribution in [3.8, 4) is 0 Å². The van der Waals surface area contributed by atoms with Gasteiger partial charge in [0.1, 0.15) is 0 Å². The molecule has 1 rings (SSSR count). The number of nitrogens with one attached hydrogen (secondary N) is 2. The van der Waals surface area contributed by atoms with E-state index in [1.165, 1.54) is 0 Å². The Morgan fingerprint density at radius 1 is 1.35 bits per heavy atom. The molecule has 0 aliphatic rings. The van der Waals surface area contributed by atoms with Crippen molar-refractivity contribution in [2.24, 2.45) is 0 Å². The van der Waals surface area contributed by atoms with Crippen LogP contribution < -0.4 is 10.6 Å². The average molecular weight is 299 g/mol. The molecule has 0 fully saturated rings. The highest BCUT2D eigenvalue weighted by Gasteiger charge is 2.08. The topological polar surface area (TPSA) is 41.1 Å². The van der Waals surface area contributed by atoms with Gasteiger partial charge in [-0.25, -0.2) is 4.79 Å². The summed E-state index contributed by atoms with van der Waals surface area (Å²) in [5, 5.41) is 5.78. The monoisotopic (exact) mass is 298 g/mol. The van der Waals surface area contributed by atoms with Gasteiger partial charge in [0.2, 0.25) is 0 Å². The third kappa shape index (κ3) is 4.38. The SMILES string of the molecule is CCC(CC)NC(=O)Nc1ccc(Br)c(C)c1. The molecule has 0 heterocycles. The van der Waals surface area contributed by atoms with E-state index in [4.69, 9.17) is 0 Å². The number of carbonyl (C=O) groups is 1. The van der Waals surface area contributed by atoms with Gasteiger partial charge in [-0.05, 0) is 43.5 Å². The molecule has 1 aromatic rings. The van der Waals surface area contributed by atoms with Crippen molar-refractivity contribution in [1.82, 2.24) is 5.32 Å². The molecule has 3 nitrogen and oxygen atoms in total. The molecule has 0 aromatic heterocycles. The Labute approximate surface area is 111 Å². The second-order valence-corrected chi connectivity index (χ2v) is 4.93. The van der Waals surface area contributed by atoms with Crippen LogP contribution in [0.1, 0.15) is 32.3 Å². The number of carbonyl (C=O) groups excluding carboxylic acids is 1. The van der Waals surface area contributed by atoms with E-state index in [1.54, 1.807) is 0 Å². The summed E-state index contributed by atoms with van der Waals surface area (Å²) in [6, 6.07) is 5.86. The lowest BCUT2D eigenvalue weighted by atomic mass is 10.2. The van der Waals surface area contributed by atoms with Gasteiger partial charge in [-0.1, -0.05) is 29.8 Å². The molecule has 2 N–H and O–H groups in total. The van der Waals surface area contributed by atoms with Crippen LogP contribution in [0.5, 0.6) is 0 Å². The number of halogens is 1. The first kappa shape index (κ1) is 14.0. The molecule has 1 aromatic carbocycles. The van der Waals surface area contributed by atoms with E-state index < -0.39 is 0 Å². The van der Waals surface area contributed by atoms with Crippen molar-refractivity contribution in [2.75, 3.05) is 5.32 Å². The van der Waals surface area contributed by atoms with Crippen molar-refractivity contribution in [2.45, 2.75) is 39.7 Å². The molecule has 0 unspecified atom stereocenters. The molecule has 0 saturated heterocycles. The van der Waals surface area contributed by atoms with Crippen LogP contribution >= 0.6 is 15.9 Å².